The lowest BCUT2D eigenvalue weighted by Crippen LogP contribution is -2.43. The van der Waals surface area contributed by atoms with Crippen molar-refractivity contribution in [3.05, 3.63) is 12.2 Å². The van der Waals surface area contributed by atoms with Gasteiger partial charge < -0.3 is 4.74 Å². The van der Waals surface area contributed by atoms with Crippen LogP contribution in [-0.4, -0.2) is 37.2 Å². The molecule has 0 bridgehead atoms. The average Bonchev–Trinajstić information content (AvgIpc) is 2.21. The van der Waals surface area contributed by atoms with Crippen LogP contribution in [0.5, 0.6) is 0 Å². The molecule has 2 nitrogen and oxygen atoms in total. The molecule has 2 rings (SSSR count). The van der Waals surface area contributed by atoms with Gasteiger partial charge in [-0.2, -0.15) is 0 Å². The molecule has 1 fully saturated rings. The normalized spacial score (nSPS) is 32.2. The van der Waals surface area contributed by atoms with Gasteiger partial charge in [0.2, 0.25) is 0 Å². The molecule has 0 radical (unpaired) electrons. The smallest absolute Gasteiger partial charge is 0.0594 e. The first kappa shape index (κ1) is 8.27. The highest BCUT2D eigenvalue weighted by molar-refractivity contribution is 4.94. The fourth-order valence-corrected chi connectivity index (χ4v) is 2.05. The van der Waals surface area contributed by atoms with E-state index in [1.165, 1.54) is 19.3 Å². The Bertz CT molecular complexity index is 161. The van der Waals surface area contributed by atoms with Gasteiger partial charge in [0.1, 0.15) is 0 Å². The third-order valence-electron chi connectivity index (χ3n) is 2.80. The zero-order valence-corrected chi connectivity index (χ0v) is 7.54. The van der Waals surface area contributed by atoms with Crippen LogP contribution < -0.4 is 0 Å². The maximum absolute atomic E-state index is 5.33. The van der Waals surface area contributed by atoms with Crippen molar-refractivity contribution in [1.82, 2.24) is 4.90 Å². The topological polar surface area (TPSA) is 12.5 Å². The molecule has 0 aromatic carbocycles. The molecule has 1 heterocycles. The van der Waals surface area contributed by atoms with E-state index >= 15 is 0 Å². The van der Waals surface area contributed by atoms with Crippen LogP contribution in [0.2, 0.25) is 0 Å². The van der Waals surface area contributed by atoms with Crippen molar-refractivity contribution in [2.75, 3.05) is 26.3 Å². The van der Waals surface area contributed by atoms with Gasteiger partial charge in [0.05, 0.1) is 13.2 Å². The van der Waals surface area contributed by atoms with E-state index in [9.17, 15) is 0 Å². The van der Waals surface area contributed by atoms with Gasteiger partial charge in [0.25, 0.3) is 0 Å². The van der Waals surface area contributed by atoms with Crippen molar-refractivity contribution in [1.29, 1.82) is 0 Å². The van der Waals surface area contributed by atoms with Crippen LogP contribution in [0, 0.1) is 0 Å². The molecule has 0 saturated carbocycles. The SMILES string of the molecule is C1=CCC(N2CCOCC2)CC1. The minimum Gasteiger partial charge on any atom is -0.379 e. The molecule has 0 amide bonds. The number of ether oxygens (including phenoxy) is 1. The number of nitrogens with zero attached hydrogens (tertiary/aromatic N) is 1. The second-order valence-electron chi connectivity index (χ2n) is 3.59. The average molecular weight is 167 g/mol. The fraction of sp³-hybridized carbons (Fsp3) is 0.800. The Morgan fingerprint density at radius 1 is 1.17 bits per heavy atom. The third-order valence-corrected chi connectivity index (χ3v) is 2.80. The quantitative estimate of drug-likeness (QED) is 0.548. The van der Waals surface area contributed by atoms with Gasteiger partial charge >= 0.3 is 0 Å². The number of hydrogen-bond acceptors (Lipinski definition) is 2. The van der Waals surface area contributed by atoms with E-state index in [1.807, 2.05) is 0 Å². The third kappa shape index (κ3) is 1.87. The summed E-state index contributed by atoms with van der Waals surface area (Å²) in [7, 11) is 0. The maximum Gasteiger partial charge on any atom is 0.0594 e. The second kappa shape index (κ2) is 4.06. The first-order valence-corrected chi connectivity index (χ1v) is 4.93. The van der Waals surface area contributed by atoms with E-state index in [2.05, 4.69) is 17.1 Å². The van der Waals surface area contributed by atoms with Gasteiger partial charge in [-0.1, -0.05) is 12.2 Å². The number of morpholine rings is 1. The van der Waals surface area contributed by atoms with Crippen molar-refractivity contribution < 1.29 is 4.74 Å². The molecule has 1 aliphatic heterocycles. The van der Waals surface area contributed by atoms with Crippen LogP contribution in [0.25, 0.3) is 0 Å². The predicted octanol–water partition coefficient (Wildman–Crippen LogP) is 1.43. The fourth-order valence-electron chi connectivity index (χ4n) is 2.05. The zero-order chi connectivity index (χ0) is 8.23. The first-order chi connectivity index (χ1) is 5.97. The van der Waals surface area contributed by atoms with Crippen LogP contribution in [0.3, 0.4) is 0 Å². The molecule has 1 unspecified atom stereocenters. The molecule has 2 heteroatoms. The lowest BCUT2D eigenvalue weighted by molar-refractivity contribution is 0.0148. The first-order valence-electron chi connectivity index (χ1n) is 4.93. The highest BCUT2D eigenvalue weighted by Gasteiger charge is 2.20. The lowest BCUT2D eigenvalue weighted by Gasteiger charge is -2.35. The maximum atomic E-state index is 5.33. The molecule has 0 aromatic heterocycles. The van der Waals surface area contributed by atoms with E-state index in [0.29, 0.717) is 0 Å². The van der Waals surface area contributed by atoms with E-state index in [4.69, 9.17) is 4.74 Å². The molecule has 0 spiro atoms. The van der Waals surface area contributed by atoms with Gasteiger partial charge in [0.15, 0.2) is 0 Å². The van der Waals surface area contributed by atoms with Crippen LogP contribution in [-0.2, 0) is 4.74 Å². The molecule has 68 valence electrons. The van der Waals surface area contributed by atoms with Crippen LogP contribution in [0.15, 0.2) is 12.2 Å². The summed E-state index contributed by atoms with van der Waals surface area (Å²) in [6, 6.07) is 0.805. The van der Waals surface area contributed by atoms with Gasteiger partial charge in [-0.3, -0.25) is 4.90 Å². The van der Waals surface area contributed by atoms with Crippen molar-refractivity contribution in [2.24, 2.45) is 0 Å². The molecule has 1 aliphatic carbocycles. The summed E-state index contributed by atoms with van der Waals surface area (Å²) in [5.74, 6) is 0. The van der Waals surface area contributed by atoms with Gasteiger partial charge in [-0.05, 0) is 19.3 Å². The summed E-state index contributed by atoms with van der Waals surface area (Å²) >= 11 is 0. The van der Waals surface area contributed by atoms with E-state index < -0.39 is 0 Å². The molecule has 0 aromatic rings. The molecular weight excluding hydrogens is 150 g/mol. The zero-order valence-electron chi connectivity index (χ0n) is 7.54. The minimum atomic E-state index is 0.805. The van der Waals surface area contributed by atoms with Gasteiger partial charge in [0, 0.05) is 19.1 Å². The highest BCUT2D eigenvalue weighted by atomic mass is 16.5. The summed E-state index contributed by atoms with van der Waals surface area (Å²) < 4.78 is 5.33. The number of allylic oxidation sites excluding steroid dienone is 1. The summed E-state index contributed by atoms with van der Waals surface area (Å²) in [5, 5.41) is 0. The number of hydrogen-bond donors (Lipinski definition) is 0. The summed E-state index contributed by atoms with van der Waals surface area (Å²) in [4.78, 5) is 2.58. The van der Waals surface area contributed by atoms with Crippen molar-refractivity contribution >= 4 is 0 Å². The van der Waals surface area contributed by atoms with Crippen molar-refractivity contribution in [2.45, 2.75) is 25.3 Å². The van der Waals surface area contributed by atoms with Crippen LogP contribution in [0.1, 0.15) is 19.3 Å². The standard InChI is InChI=1S/C10H17NO/c1-2-4-10(5-3-1)11-6-8-12-9-7-11/h1-2,10H,3-9H2. The van der Waals surface area contributed by atoms with Crippen LogP contribution >= 0.6 is 0 Å². The van der Waals surface area contributed by atoms with E-state index in [-0.39, 0.29) is 0 Å². The Hall–Kier alpha value is -0.340. The lowest BCUT2D eigenvalue weighted by atomic mass is 10.0. The highest BCUT2D eigenvalue weighted by Crippen LogP contribution is 2.17. The molecule has 0 N–H and O–H groups in total. The molecule has 1 saturated heterocycles. The predicted molar refractivity (Wildman–Crippen MR) is 49.2 cm³/mol. The number of rotatable bonds is 1. The monoisotopic (exact) mass is 167 g/mol. The minimum absolute atomic E-state index is 0.805. The van der Waals surface area contributed by atoms with Crippen molar-refractivity contribution in [3.8, 4) is 0 Å². The Morgan fingerprint density at radius 2 is 2.00 bits per heavy atom. The van der Waals surface area contributed by atoms with E-state index in [1.54, 1.807) is 0 Å². The summed E-state index contributed by atoms with van der Waals surface area (Å²) in [5.41, 5.74) is 0. The van der Waals surface area contributed by atoms with Gasteiger partial charge in [-0.15, -0.1) is 0 Å². The second-order valence-corrected chi connectivity index (χ2v) is 3.59. The van der Waals surface area contributed by atoms with Crippen LogP contribution in [0.4, 0.5) is 0 Å². The molecular formula is C10H17NO. The van der Waals surface area contributed by atoms with Gasteiger partial charge in [-0.25, -0.2) is 0 Å². The summed E-state index contributed by atoms with van der Waals surface area (Å²) in [6.07, 6.45) is 8.49. The largest absolute Gasteiger partial charge is 0.379 e. The summed E-state index contributed by atoms with van der Waals surface area (Å²) in [6.45, 7) is 4.14. The Kier molecular flexibility index (Phi) is 2.79. The molecule has 1 atom stereocenters. The Morgan fingerprint density at radius 3 is 2.67 bits per heavy atom. The Labute approximate surface area is 74.2 Å². The Balaban J connectivity index is 1.85. The van der Waals surface area contributed by atoms with E-state index in [0.717, 1.165) is 32.3 Å². The molecule has 12 heavy (non-hydrogen) atoms. The van der Waals surface area contributed by atoms with Crippen molar-refractivity contribution in [3.63, 3.8) is 0 Å². The molecule has 2 aliphatic rings.